The van der Waals surface area contributed by atoms with E-state index in [2.05, 4.69) is 15.3 Å². The third-order valence-electron chi connectivity index (χ3n) is 5.45. The molecule has 33 heavy (non-hydrogen) atoms. The summed E-state index contributed by atoms with van der Waals surface area (Å²) >= 11 is 0. The van der Waals surface area contributed by atoms with Gasteiger partial charge in [-0.2, -0.15) is 18.2 Å². The number of hydrogen-bond acceptors (Lipinski definition) is 5. The number of aryl methyl sites for hydroxylation is 2. The number of amides is 1. The van der Waals surface area contributed by atoms with E-state index in [0.717, 1.165) is 29.1 Å². The van der Waals surface area contributed by atoms with Crippen molar-refractivity contribution in [3.05, 3.63) is 77.0 Å². The van der Waals surface area contributed by atoms with E-state index >= 15 is 0 Å². The standard InChI is InChI=1S/C24H24F3N5O/c1-16-6-8-20(9-7-16)29-21-14-17(2)28-23(30-21)32-12-10-31(11-13-32)22(33)18-4-3-5-19(15-18)24(25,26)27/h3-9,14-15H,10-13H2,1-2H3,(H,28,29,30). The second-order valence-corrected chi connectivity index (χ2v) is 8.04. The van der Waals surface area contributed by atoms with Crippen molar-refractivity contribution in [3.8, 4) is 0 Å². The summed E-state index contributed by atoms with van der Waals surface area (Å²) in [6.45, 7) is 5.61. The van der Waals surface area contributed by atoms with Crippen LogP contribution in [-0.2, 0) is 6.18 Å². The van der Waals surface area contributed by atoms with Crippen LogP contribution < -0.4 is 10.2 Å². The Balaban J connectivity index is 1.43. The van der Waals surface area contributed by atoms with Crippen molar-refractivity contribution >= 4 is 23.4 Å². The zero-order valence-electron chi connectivity index (χ0n) is 18.4. The predicted octanol–water partition coefficient (Wildman–Crippen LogP) is 4.82. The van der Waals surface area contributed by atoms with E-state index < -0.39 is 17.6 Å². The molecule has 0 spiro atoms. The summed E-state index contributed by atoms with van der Waals surface area (Å²) in [5.74, 6) is 0.812. The molecule has 9 heteroatoms. The molecule has 1 N–H and O–H groups in total. The second-order valence-electron chi connectivity index (χ2n) is 8.04. The number of nitrogens with zero attached hydrogens (tertiary/aromatic N) is 4. The lowest BCUT2D eigenvalue weighted by molar-refractivity contribution is -0.137. The monoisotopic (exact) mass is 455 g/mol. The van der Waals surface area contributed by atoms with Crippen LogP contribution in [0, 0.1) is 13.8 Å². The third kappa shape index (κ3) is 5.42. The van der Waals surface area contributed by atoms with Crippen molar-refractivity contribution in [2.45, 2.75) is 20.0 Å². The molecule has 0 atom stereocenters. The molecule has 1 aromatic heterocycles. The van der Waals surface area contributed by atoms with Gasteiger partial charge in [0.15, 0.2) is 0 Å². The van der Waals surface area contributed by atoms with Gasteiger partial charge in [-0.3, -0.25) is 4.79 Å². The molecule has 1 amide bonds. The molecule has 0 unspecified atom stereocenters. The van der Waals surface area contributed by atoms with Crippen LogP contribution in [-0.4, -0.2) is 47.0 Å². The SMILES string of the molecule is Cc1ccc(Nc2cc(C)nc(N3CCN(C(=O)c4cccc(C(F)(F)F)c4)CC3)n2)cc1. The maximum Gasteiger partial charge on any atom is 0.416 e. The average Bonchev–Trinajstić information content (AvgIpc) is 2.79. The number of rotatable bonds is 4. The van der Waals surface area contributed by atoms with Gasteiger partial charge < -0.3 is 15.1 Å². The van der Waals surface area contributed by atoms with E-state index in [-0.39, 0.29) is 5.56 Å². The first-order valence-corrected chi connectivity index (χ1v) is 10.6. The fraction of sp³-hybridized carbons (Fsp3) is 0.292. The smallest absolute Gasteiger partial charge is 0.340 e. The summed E-state index contributed by atoms with van der Waals surface area (Å²) in [5.41, 5.74) is 2.10. The summed E-state index contributed by atoms with van der Waals surface area (Å²) < 4.78 is 38.9. The molecule has 6 nitrogen and oxygen atoms in total. The minimum atomic E-state index is -4.48. The molecule has 1 aliphatic heterocycles. The Morgan fingerprint density at radius 3 is 2.30 bits per heavy atom. The molecular formula is C24H24F3N5O. The van der Waals surface area contributed by atoms with Crippen molar-refractivity contribution in [1.82, 2.24) is 14.9 Å². The molecule has 0 radical (unpaired) electrons. The molecule has 0 aliphatic carbocycles. The van der Waals surface area contributed by atoms with Gasteiger partial charge in [-0.1, -0.05) is 23.8 Å². The zero-order chi connectivity index (χ0) is 23.6. The Morgan fingerprint density at radius 2 is 1.64 bits per heavy atom. The summed E-state index contributed by atoms with van der Waals surface area (Å²) in [4.78, 5) is 25.4. The first-order valence-electron chi connectivity index (χ1n) is 10.6. The Hall–Kier alpha value is -3.62. The van der Waals surface area contributed by atoms with Gasteiger partial charge in [0.25, 0.3) is 5.91 Å². The number of anilines is 3. The van der Waals surface area contributed by atoms with Gasteiger partial charge in [-0.05, 0) is 44.2 Å². The van der Waals surface area contributed by atoms with E-state index in [9.17, 15) is 18.0 Å². The average molecular weight is 455 g/mol. The Kier molecular flexibility index (Phi) is 6.22. The van der Waals surface area contributed by atoms with Crippen LogP contribution in [0.25, 0.3) is 0 Å². The van der Waals surface area contributed by atoms with Gasteiger partial charge in [0, 0.05) is 49.2 Å². The van der Waals surface area contributed by atoms with Crippen molar-refractivity contribution in [2.75, 3.05) is 36.4 Å². The van der Waals surface area contributed by atoms with E-state index in [1.807, 2.05) is 49.1 Å². The molecule has 1 saturated heterocycles. The summed E-state index contributed by atoms with van der Waals surface area (Å²) in [5, 5.41) is 3.28. The number of alkyl halides is 3. The summed E-state index contributed by atoms with van der Waals surface area (Å²) in [6, 6.07) is 14.4. The Labute approximate surface area is 190 Å². The largest absolute Gasteiger partial charge is 0.416 e. The topological polar surface area (TPSA) is 61.4 Å². The van der Waals surface area contributed by atoms with Crippen molar-refractivity contribution < 1.29 is 18.0 Å². The molecular weight excluding hydrogens is 431 g/mol. The van der Waals surface area contributed by atoms with Crippen molar-refractivity contribution in [1.29, 1.82) is 0 Å². The minimum Gasteiger partial charge on any atom is -0.340 e. The number of hydrogen-bond donors (Lipinski definition) is 1. The molecule has 4 rings (SSSR count). The predicted molar refractivity (Wildman–Crippen MR) is 121 cm³/mol. The highest BCUT2D eigenvalue weighted by atomic mass is 19.4. The third-order valence-corrected chi connectivity index (χ3v) is 5.45. The van der Waals surface area contributed by atoms with E-state index in [4.69, 9.17) is 0 Å². The normalized spacial score (nSPS) is 14.3. The van der Waals surface area contributed by atoms with Crippen LogP contribution in [0.5, 0.6) is 0 Å². The first-order chi connectivity index (χ1) is 15.7. The molecule has 1 aliphatic rings. The molecule has 0 saturated carbocycles. The Bertz CT molecular complexity index is 1140. The fourth-order valence-electron chi connectivity index (χ4n) is 3.66. The minimum absolute atomic E-state index is 0.0367. The molecule has 172 valence electrons. The lowest BCUT2D eigenvalue weighted by Crippen LogP contribution is -2.49. The van der Waals surface area contributed by atoms with Gasteiger partial charge in [0.05, 0.1) is 5.56 Å². The van der Waals surface area contributed by atoms with Gasteiger partial charge >= 0.3 is 6.18 Å². The fourth-order valence-corrected chi connectivity index (χ4v) is 3.66. The van der Waals surface area contributed by atoms with E-state index in [1.165, 1.54) is 12.1 Å². The van der Waals surface area contributed by atoms with Gasteiger partial charge in [-0.25, -0.2) is 4.98 Å². The van der Waals surface area contributed by atoms with Crippen LogP contribution in [0.15, 0.2) is 54.6 Å². The quantitative estimate of drug-likeness (QED) is 0.611. The lowest BCUT2D eigenvalue weighted by Gasteiger charge is -2.35. The van der Waals surface area contributed by atoms with Crippen molar-refractivity contribution in [2.24, 2.45) is 0 Å². The van der Waals surface area contributed by atoms with Gasteiger partial charge in [-0.15, -0.1) is 0 Å². The van der Waals surface area contributed by atoms with Crippen LogP contribution in [0.1, 0.15) is 27.2 Å². The number of carbonyl (C=O) groups is 1. The molecule has 2 aromatic carbocycles. The van der Waals surface area contributed by atoms with Gasteiger partial charge in [0.1, 0.15) is 5.82 Å². The maximum absolute atomic E-state index is 13.0. The highest BCUT2D eigenvalue weighted by molar-refractivity contribution is 5.94. The molecule has 0 bridgehead atoms. The molecule has 3 aromatic rings. The molecule has 2 heterocycles. The van der Waals surface area contributed by atoms with E-state index in [1.54, 1.807) is 4.90 Å². The van der Waals surface area contributed by atoms with Crippen molar-refractivity contribution in [3.63, 3.8) is 0 Å². The first kappa shape index (κ1) is 22.6. The number of halogens is 3. The number of nitrogens with one attached hydrogen (secondary N) is 1. The zero-order valence-corrected chi connectivity index (χ0v) is 18.4. The number of carbonyl (C=O) groups excluding carboxylic acids is 1. The van der Waals surface area contributed by atoms with Crippen LogP contribution in [0.3, 0.4) is 0 Å². The number of piperazine rings is 1. The summed E-state index contributed by atoms with van der Waals surface area (Å²) in [6.07, 6.45) is -4.48. The highest BCUT2D eigenvalue weighted by Crippen LogP contribution is 2.30. The van der Waals surface area contributed by atoms with Gasteiger partial charge in [0.2, 0.25) is 5.95 Å². The van der Waals surface area contributed by atoms with Crippen LogP contribution in [0.2, 0.25) is 0 Å². The Morgan fingerprint density at radius 1 is 0.939 bits per heavy atom. The van der Waals surface area contributed by atoms with Crippen LogP contribution >= 0.6 is 0 Å². The maximum atomic E-state index is 13.0. The lowest BCUT2D eigenvalue weighted by atomic mass is 10.1. The van der Waals surface area contributed by atoms with Crippen LogP contribution in [0.4, 0.5) is 30.6 Å². The molecule has 1 fully saturated rings. The highest BCUT2D eigenvalue weighted by Gasteiger charge is 2.32. The number of benzene rings is 2. The summed E-state index contributed by atoms with van der Waals surface area (Å²) in [7, 11) is 0. The number of aromatic nitrogens is 2. The second kappa shape index (κ2) is 9.09. The van der Waals surface area contributed by atoms with E-state index in [0.29, 0.717) is 37.9 Å².